The van der Waals surface area contributed by atoms with Gasteiger partial charge in [-0.1, -0.05) is 6.07 Å². The highest BCUT2D eigenvalue weighted by Crippen LogP contribution is 2.12. The molecule has 0 aliphatic heterocycles. The fourth-order valence-corrected chi connectivity index (χ4v) is 1.71. The number of nitrogens with one attached hydrogen (secondary N) is 1. The number of rotatable bonds is 7. The predicted octanol–water partition coefficient (Wildman–Crippen LogP) is 0.297. The number of aliphatic hydroxyl groups excluding tert-OH is 1. The third-order valence-electron chi connectivity index (χ3n) is 1.96. The summed E-state index contributed by atoms with van der Waals surface area (Å²) in [7, 11) is -3.12. The van der Waals surface area contributed by atoms with Crippen LogP contribution in [0.25, 0.3) is 0 Å². The van der Waals surface area contributed by atoms with Crippen LogP contribution in [0.3, 0.4) is 0 Å². The van der Waals surface area contributed by atoms with Gasteiger partial charge in [0.25, 0.3) is 0 Å². The minimum atomic E-state index is -3.12. The van der Waals surface area contributed by atoms with Crippen molar-refractivity contribution in [1.82, 2.24) is 4.72 Å². The lowest BCUT2D eigenvalue weighted by molar-refractivity contribution is 0.278. The van der Waals surface area contributed by atoms with Crippen LogP contribution in [0.2, 0.25) is 0 Å². The summed E-state index contributed by atoms with van der Waals surface area (Å²) in [6, 6.07) is 7.97. The van der Waals surface area contributed by atoms with E-state index in [-0.39, 0.29) is 6.61 Å². The molecule has 0 aliphatic rings. The normalized spacial score (nSPS) is 11.4. The number of sulfonamides is 1. The molecule has 1 aromatic carbocycles. The zero-order valence-corrected chi connectivity index (χ0v) is 10.5. The van der Waals surface area contributed by atoms with Crippen LogP contribution in [0.4, 0.5) is 0 Å². The highest BCUT2D eigenvalue weighted by atomic mass is 32.2. The summed E-state index contributed by atoms with van der Waals surface area (Å²) in [5.74, 6) is 0.646. The van der Waals surface area contributed by atoms with Crippen LogP contribution in [0, 0.1) is 6.07 Å². The molecule has 0 aliphatic carbocycles. The molecule has 1 aromatic rings. The van der Waals surface area contributed by atoms with Crippen molar-refractivity contribution in [1.29, 1.82) is 0 Å². The van der Waals surface area contributed by atoms with Gasteiger partial charge < -0.3 is 9.84 Å². The minimum Gasteiger partial charge on any atom is -0.494 e. The number of hydrogen-bond donors (Lipinski definition) is 2. The van der Waals surface area contributed by atoms with Gasteiger partial charge in [0, 0.05) is 6.54 Å². The Morgan fingerprint density at radius 3 is 2.94 bits per heavy atom. The zero-order chi connectivity index (χ0) is 12.7. The second kappa shape index (κ2) is 6.58. The Kier molecular flexibility index (Phi) is 5.40. The molecule has 0 amide bonds. The molecule has 5 nitrogen and oxygen atoms in total. The molecule has 1 radical (unpaired) electrons. The van der Waals surface area contributed by atoms with Crippen molar-refractivity contribution in [3.8, 4) is 5.75 Å². The molecule has 95 valence electrons. The maximum Gasteiger partial charge on any atom is 0.208 e. The van der Waals surface area contributed by atoms with Crippen LogP contribution in [-0.4, -0.2) is 32.9 Å². The monoisotopic (exact) mass is 258 g/mol. The van der Waals surface area contributed by atoms with Crippen molar-refractivity contribution in [2.75, 3.05) is 19.4 Å². The maximum atomic E-state index is 10.8. The number of aliphatic hydroxyl groups is 1. The van der Waals surface area contributed by atoms with Gasteiger partial charge in [-0.3, -0.25) is 0 Å². The highest BCUT2D eigenvalue weighted by molar-refractivity contribution is 7.88. The van der Waals surface area contributed by atoms with Crippen molar-refractivity contribution in [3.05, 3.63) is 29.8 Å². The lowest BCUT2D eigenvalue weighted by Gasteiger charge is -2.07. The van der Waals surface area contributed by atoms with E-state index < -0.39 is 10.0 Å². The topological polar surface area (TPSA) is 75.6 Å². The van der Waals surface area contributed by atoms with Gasteiger partial charge in [-0.05, 0) is 30.2 Å². The van der Waals surface area contributed by atoms with Crippen LogP contribution < -0.4 is 9.46 Å². The fourth-order valence-electron chi connectivity index (χ4n) is 1.19. The average Bonchev–Trinajstić information content (AvgIpc) is 2.27. The smallest absolute Gasteiger partial charge is 0.208 e. The van der Waals surface area contributed by atoms with Gasteiger partial charge in [-0.2, -0.15) is 0 Å². The quantitative estimate of drug-likeness (QED) is 0.690. The molecular weight excluding hydrogens is 242 g/mol. The number of hydrogen-bond acceptors (Lipinski definition) is 4. The first kappa shape index (κ1) is 14.0. The predicted molar refractivity (Wildman–Crippen MR) is 64.2 cm³/mol. The van der Waals surface area contributed by atoms with E-state index in [1.165, 1.54) is 0 Å². The van der Waals surface area contributed by atoms with E-state index in [1.54, 1.807) is 18.2 Å². The van der Waals surface area contributed by atoms with Crippen molar-refractivity contribution in [3.63, 3.8) is 0 Å². The molecule has 0 atom stereocenters. The van der Waals surface area contributed by atoms with Gasteiger partial charge in [0.1, 0.15) is 5.75 Å². The Labute approximate surface area is 101 Å². The second-order valence-corrected chi connectivity index (χ2v) is 5.41. The number of benzene rings is 1. The van der Waals surface area contributed by atoms with Crippen LogP contribution in [0.1, 0.15) is 12.0 Å². The first-order valence-corrected chi connectivity index (χ1v) is 7.09. The SMILES string of the molecule is CS(=O)(=O)NCCCOc1cc[c]c(CO)c1. The highest BCUT2D eigenvalue weighted by Gasteiger charge is 2.00. The molecule has 1 rings (SSSR count). The minimum absolute atomic E-state index is 0.0766. The van der Waals surface area contributed by atoms with E-state index in [0.717, 1.165) is 6.26 Å². The van der Waals surface area contributed by atoms with E-state index in [2.05, 4.69) is 10.8 Å². The van der Waals surface area contributed by atoms with E-state index in [9.17, 15) is 8.42 Å². The van der Waals surface area contributed by atoms with Gasteiger partial charge in [0.05, 0.1) is 19.5 Å². The summed E-state index contributed by atoms with van der Waals surface area (Å²) in [5, 5.41) is 8.90. The first-order chi connectivity index (χ1) is 8.01. The Bertz CT molecular complexity index is 445. The van der Waals surface area contributed by atoms with Crippen LogP contribution in [-0.2, 0) is 16.6 Å². The zero-order valence-electron chi connectivity index (χ0n) is 9.64. The lowest BCUT2D eigenvalue weighted by atomic mass is 10.2. The van der Waals surface area contributed by atoms with Gasteiger partial charge in [-0.15, -0.1) is 0 Å². The average molecular weight is 258 g/mol. The molecule has 0 saturated carbocycles. The van der Waals surface area contributed by atoms with Gasteiger partial charge in [0.15, 0.2) is 0 Å². The summed E-state index contributed by atoms with van der Waals surface area (Å²) in [6.45, 7) is 0.689. The molecule has 0 bridgehead atoms. The number of ether oxygens (including phenoxy) is 1. The lowest BCUT2D eigenvalue weighted by Crippen LogP contribution is -2.24. The van der Waals surface area contributed by atoms with E-state index >= 15 is 0 Å². The van der Waals surface area contributed by atoms with E-state index in [0.29, 0.717) is 30.9 Å². The summed E-state index contributed by atoms with van der Waals surface area (Å²) in [4.78, 5) is 0. The molecule has 17 heavy (non-hydrogen) atoms. The molecular formula is C11H16NO4S. The van der Waals surface area contributed by atoms with Crippen molar-refractivity contribution in [2.45, 2.75) is 13.0 Å². The molecule has 6 heteroatoms. The fraction of sp³-hybridized carbons (Fsp3) is 0.455. The van der Waals surface area contributed by atoms with Gasteiger partial charge >= 0.3 is 0 Å². The molecule has 0 heterocycles. The standard InChI is InChI=1S/C11H16NO4S/c1-17(14,15)12-6-3-7-16-11-5-2-4-10(8-11)9-13/h2,5,8,12-13H,3,6-7,9H2,1H3. The third kappa shape index (κ3) is 6.25. The van der Waals surface area contributed by atoms with Crippen LogP contribution in [0.5, 0.6) is 5.75 Å². The third-order valence-corrected chi connectivity index (χ3v) is 2.69. The summed E-state index contributed by atoms with van der Waals surface area (Å²) in [6.07, 6.45) is 1.70. The van der Waals surface area contributed by atoms with Crippen LogP contribution >= 0.6 is 0 Å². The largest absolute Gasteiger partial charge is 0.494 e. The first-order valence-electron chi connectivity index (χ1n) is 5.20. The Morgan fingerprint density at radius 1 is 1.53 bits per heavy atom. The molecule has 0 unspecified atom stereocenters. The molecule has 0 fully saturated rings. The summed E-state index contributed by atoms with van der Waals surface area (Å²) < 4.78 is 29.3. The van der Waals surface area contributed by atoms with E-state index in [4.69, 9.17) is 9.84 Å². The maximum absolute atomic E-state index is 10.8. The summed E-state index contributed by atoms with van der Waals surface area (Å²) in [5.41, 5.74) is 0.664. The van der Waals surface area contributed by atoms with Gasteiger partial charge in [-0.25, -0.2) is 13.1 Å². The van der Waals surface area contributed by atoms with Crippen LogP contribution in [0.15, 0.2) is 18.2 Å². The van der Waals surface area contributed by atoms with Crippen molar-refractivity contribution in [2.24, 2.45) is 0 Å². The second-order valence-electron chi connectivity index (χ2n) is 3.58. The Balaban J connectivity index is 2.26. The molecule has 0 aromatic heterocycles. The van der Waals surface area contributed by atoms with E-state index in [1.807, 2.05) is 0 Å². The molecule has 0 saturated heterocycles. The van der Waals surface area contributed by atoms with Crippen molar-refractivity contribution < 1.29 is 18.3 Å². The Hall–Kier alpha value is -1.11. The Morgan fingerprint density at radius 2 is 2.29 bits per heavy atom. The van der Waals surface area contributed by atoms with Crippen molar-refractivity contribution >= 4 is 10.0 Å². The molecule has 2 N–H and O–H groups in total. The summed E-state index contributed by atoms with van der Waals surface area (Å²) >= 11 is 0. The molecule has 0 spiro atoms. The van der Waals surface area contributed by atoms with Gasteiger partial charge in [0.2, 0.25) is 10.0 Å².